The average molecular weight is 267 g/mol. The largest absolute Gasteiger partial charge is 0.330 e. The van der Waals surface area contributed by atoms with Gasteiger partial charge >= 0.3 is 0 Å². The van der Waals surface area contributed by atoms with Gasteiger partial charge in [-0.1, -0.05) is 17.7 Å². The number of nitrogens with zero attached hydrogens (tertiary/aromatic N) is 1. The quantitative estimate of drug-likeness (QED) is 0.907. The molecule has 0 aromatic heterocycles. The molecule has 1 aliphatic rings. The van der Waals surface area contributed by atoms with Crippen LogP contribution in [0.15, 0.2) is 18.2 Å². The molecule has 0 aliphatic carbocycles. The maximum absolute atomic E-state index is 5.99. The maximum atomic E-state index is 5.99. The van der Waals surface area contributed by atoms with E-state index in [9.17, 15) is 0 Å². The monoisotopic (exact) mass is 266 g/mol. The highest BCUT2D eigenvalue weighted by Crippen LogP contribution is 2.23. The van der Waals surface area contributed by atoms with E-state index in [1.807, 2.05) is 6.07 Å². The van der Waals surface area contributed by atoms with Crippen molar-refractivity contribution in [2.24, 2.45) is 11.7 Å². The van der Waals surface area contributed by atoms with Gasteiger partial charge in [0.1, 0.15) is 0 Å². The smallest absolute Gasteiger partial charge is 0.0408 e. The van der Waals surface area contributed by atoms with E-state index in [2.05, 4.69) is 24.0 Å². The fourth-order valence-electron chi connectivity index (χ4n) is 2.75. The molecule has 100 valence electrons. The Morgan fingerprint density at radius 1 is 1.33 bits per heavy atom. The minimum atomic E-state index is 0.831. The molecule has 3 heteroatoms. The zero-order chi connectivity index (χ0) is 13.0. The van der Waals surface area contributed by atoms with Gasteiger partial charge in [0.05, 0.1) is 0 Å². The summed E-state index contributed by atoms with van der Waals surface area (Å²) in [6.45, 7) is 6.43. The van der Waals surface area contributed by atoms with Crippen molar-refractivity contribution in [3.05, 3.63) is 34.3 Å². The summed E-state index contributed by atoms with van der Waals surface area (Å²) in [5.41, 5.74) is 8.32. The molecule has 0 atom stereocenters. The van der Waals surface area contributed by atoms with Crippen molar-refractivity contribution in [1.82, 2.24) is 4.90 Å². The molecular weight excluding hydrogens is 244 g/mol. The molecular formula is C15H23ClN2. The lowest BCUT2D eigenvalue weighted by molar-refractivity contribution is 0.173. The van der Waals surface area contributed by atoms with Crippen LogP contribution in [0.3, 0.4) is 0 Å². The second kappa shape index (κ2) is 6.55. The van der Waals surface area contributed by atoms with Crippen LogP contribution in [0.4, 0.5) is 0 Å². The maximum Gasteiger partial charge on any atom is 0.0408 e. The highest BCUT2D eigenvalue weighted by Gasteiger charge is 2.18. The standard InChI is InChI=1S/C15H23ClN2/c1-12-10-15(16)3-2-14(12)11-18-8-5-13(4-7-17)6-9-18/h2-3,10,13H,4-9,11,17H2,1H3. The van der Waals surface area contributed by atoms with Crippen LogP contribution in [0, 0.1) is 12.8 Å². The summed E-state index contributed by atoms with van der Waals surface area (Å²) in [7, 11) is 0. The molecule has 2 N–H and O–H groups in total. The second-order valence-electron chi connectivity index (χ2n) is 5.37. The number of nitrogens with two attached hydrogens (primary N) is 1. The minimum absolute atomic E-state index is 0.831. The molecule has 0 saturated carbocycles. The number of likely N-dealkylation sites (tertiary alicyclic amines) is 1. The summed E-state index contributed by atoms with van der Waals surface area (Å²) >= 11 is 5.99. The van der Waals surface area contributed by atoms with E-state index >= 15 is 0 Å². The van der Waals surface area contributed by atoms with Crippen molar-refractivity contribution in [3.8, 4) is 0 Å². The lowest BCUT2D eigenvalue weighted by atomic mass is 9.93. The Morgan fingerprint density at radius 2 is 2.06 bits per heavy atom. The van der Waals surface area contributed by atoms with Gasteiger partial charge in [-0.05, 0) is 75.0 Å². The molecule has 18 heavy (non-hydrogen) atoms. The highest BCUT2D eigenvalue weighted by molar-refractivity contribution is 6.30. The van der Waals surface area contributed by atoms with Gasteiger partial charge in [0.25, 0.3) is 0 Å². The Bertz CT molecular complexity index is 384. The topological polar surface area (TPSA) is 29.3 Å². The number of halogens is 1. The van der Waals surface area contributed by atoms with E-state index in [0.717, 1.165) is 24.0 Å². The Kier molecular flexibility index (Phi) is 5.04. The molecule has 0 amide bonds. The van der Waals surface area contributed by atoms with Gasteiger partial charge in [-0.15, -0.1) is 0 Å². The third-order valence-corrected chi connectivity index (χ3v) is 4.22. The molecule has 1 aromatic carbocycles. The molecule has 2 rings (SSSR count). The van der Waals surface area contributed by atoms with Crippen LogP contribution in [0.2, 0.25) is 5.02 Å². The van der Waals surface area contributed by atoms with Crippen LogP contribution in [-0.4, -0.2) is 24.5 Å². The third kappa shape index (κ3) is 3.71. The van der Waals surface area contributed by atoms with E-state index in [0.29, 0.717) is 0 Å². The molecule has 2 nitrogen and oxygen atoms in total. The average Bonchev–Trinajstić information content (AvgIpc) is 2.35. The molecule has 0 bridgehead atoms. The van der Waals surface area contributed by atoms with Crippen molar-refractivity contribution < 1.29 is 0 Å². The van der Waals surface area contributed by atoms with Crippen molar-refractivity contribution in [2.75, 3.05) is 19.6 Å². The van der Waals surface area contributed by atoms with Gasteiger partial charge in [-0.2, -0.15) is 0 Å². The Balaban J connectivity index is 1.87. The molecule has 1 fully saturated rings. The Labute approximate surface area is 115 Å². The van der Waals surface area contributed by atoms with Gasteiger partial charge in [-0.3, -0.25) is 4.90 Å². The summed E-state index contributed by atoms with van der Waals surface area (Å²) in [4.78, 5) is 2.54. The van der Waals surface area contributed by atoms with Crippen molar-refractivity contribution in [2.45, 2.75) is 32.7 Å². The summed E-state index contributed by atoms with van der Waals surface area (Å²) in [5, 5.41) is 0.831. The molecule has 1 aliphatic heterocycles. The fourth-order valence-corrected chi connectivity index (χ4v) is 2.97. The minimum Gasteiger partial charge on any atom is -0.330 e. The van der Waals surface area contributed by atoms with Crippen LogP contribution in [0.1, 0.15) is 30.4 Å². The van der Waals surface area contributed by atoms with E-state index < -0.39 is 0 Å². The lowest BCUT2D eigenvalue weighted by Gasteiger charge is -2.32. The summed E-state index contributed by atoms with van der Waals surface area (Å²) in [5.74, 6) is 0.845. The van der Waals surface area contributed by atoms with Gasteiger partial charge in [0.2, 0.25) is 0 Å². The van der Waals surface area contributed by atoms with Gasteiger partial charge in [0.15, 0.2) is 0 Å². The number of hydrogen-bond donors (Lipinski definition) is 1. The van der Waals surface area contributed by atoms with Crippen LogP contribution in [0.5, 0.6) is 0 Å². The summed E-state index contributed by atoms with van der Waals surface area (Å²) < 4.78 is 0. The second-order valence-corrected chi connectivity index (χ2v) is 5.80. The van der Waals surface area contributed by atoms with Crippen LogP contribution in [-0.2, 0) is 6.54 Å². The van der Waals surface area contributed by atoms with Gasteiger partial charge < -0.3 is 5.73 Å². The molecule has 0 radical (unpaired) electrons. The first-order chi connectivity index (χ1) is 8.69. The summed E-state index contributed by atoms with van der Waals surface area (Å²) in [6, 6.07) is 6.20. The predicted octanol–water partition coefficient (Wildman–Crippen LogP) is 3.21. The van der Waals surface area contributed by atoms with Gasteiger partial charge in [0, 0.05) is 11.6 Å². The normalized spacial score (nSPS) is 18.2. The highest BCUT2D eigenvalue weighted by atomic mass is 35.5. The zero-order valence-corrected chi connectivity index (χ0v) is 11.9. The van der Waals surface area contributed by atoms with Crippen LogP contribution < -0.4 is 5.73 Å². The fraction of sp³-hybridized carbons (Fsp3) is 0.600. The van der Waals surface area contributed by atoms with Crippen LogP contribution in [0.25, 0.3) is 0 Å². The first-order valence-electron chi connectivity index (χ1n) is 6.86. The molecule has 0 unspecified atom stereocenters. The van der Waals surface area contributed by atoms with E-state index in [1.165, 1.54) is 43.5 Å². The Morgan fingerprint density at radius 3 is 2.67 bits per heavy atom. The Hall–Kier alpha value is -0.570. The molecule has 1 aromatic rings. The number of piperidine rings is 1. The van der Waals surface area contributed by atoms with Crippen LogP contribution >= 0.6 is 11.6 Å². The first kappa shape index (κ1) is 13.9. The number of benzene rings is 1. The van der Waals surface area contributed by atoms with Crippen molar-refractivity contribution in [1.29, 1.82) is 0 Å². The van der Waals surface area contributed by atoms with E-state index in [1.54, 1.807) is 0 Å². The number of rotatable bonds is 4. The lowest BCUT2D eigenvalue weighted by Crippen LogP contribution is -2.34. The van der Waals surface area contributed by atoms with E-state index in [-0.39, 0.29) is 0 Å². The zero-order valence-electron chi connectivity index (χ0n) is 11.2. The number of hydrogen-bond acceptors (Lipinski definition) is 2. The van der Waals surface area contributed by atoms with Crippen molar-refractivity contribution in [3.63, 3.8) is 0 Å². The van der Waals surface area contributed by atoms with Crippen molar-refractivity contribution >= 4 is 11.6 Å². The molecule has 0 spiro atoms. The first-order valence-corrected chi connectivity index (χ1v) is 7.24. The third-order valence-electron chi connectivity index (χ3n) is 3.98. The SMILES string of the molecule is Cc1cc(Cl)ccc1CN1CCC(CCN)CC1. The van der Waals surface area contributed by atoms with Gasteiger partial charge in [-0.25, -0.2) is 0 Å². The van der Waals surface area contributed by atoms with E-state index in [4.69, 9.17) is 17.3 Å². The number of aryl methyl sites for hydroxylation is 1. The summed E-state index contributed by atoms with van der Waals surface area (Å²) in [6.07, 6.45) is 3.78. The molecule has 1 saturated heterocycles. The predicted molar refractivity (Wildman–Crippen MR) is 77.9 cm³/mol. The molecule has 1 heterocycles.